The molecule has 0 spiro atoms. The molecule has 1 aliphatic carbocycles. The molecule has 0 heterocycles. The summed E-state index contributed by atoms with van der Waals surface area (Å²) < 4.78 is 0. The summed E-state index contributed by atoms with van der Waals surface area (Å²) in [5.74, 6) is 1.01. The van der Waals surface area contributed by atoms with E-state index in [0.717, 1.165) is 18.5 Å². The average Bonchev–Trinajstić information content (AvgIpc) is 2.42. The van der Waals surface area contributed by atoms with Crippen molar-refractivity contribution in [3.05, 3.63) is 0 Å². The average molecular weight is 254 g/mol. The van der Waals surface area contributed by atoms with Crippen molar-refractivity contribution in [2.24, 2.45) is 5.92 Å². The van der Waals surface area contributed by atoms with E-state index in [9.17, 15) is 0 Å². The van der Waals surface area contributed by atoms with Gasteiger partial charge in [0.15, 0.2) is 0 Å². The molecule has 1 saturated carbocycles. The van der Waals surface area contributed by atoms with E-state index in [2.05, 4.69) is 38.0 Å². The predicted octanol–water partition coefficient (Wildman–Crippen LogP) is 3.67. The summed E-state index contributed by atoms with van der Waals surface area (Å²) in [5, 5.41) is 3.58. The summed E-state index contributed by atoms with van der Waals surface area (Å²) in [6.07, 6.45) is 9.69. The van der Waals surface area contributed by atoms with Gasteiger partial charge in [0.25, 0.3) is 0 Å². The molecule has 2 heteroatoms. The molecule has 1 atom stereocenters. The summed E-state index contributed by atoms with van der Waals surface area (Å²) in [7, 11) is 2.32. The molecule has 108 valence electrons. The first kappa shape index (κ1) is 16.0. The number of rotatable bonds is 8. The summed E-state index contributed by atoms with van der Waals surface area (Å²) in [6, 6.07) is 1.50. The molecule has 0 amide bonds. The monoisotopic (exact) mass is 254 g/mol. The maximum atomic E-state index is 3.58. The number of likely N-dealkylation sites (N-methyl/N-ethyl adjacent to an activating group) is 1. The quantitative estimate of drug-likeness (QED) is 0.665. The first-order chi connectivity index (χ1) is 8.69. The van der Waals surface area contributed by atoms with Crippen molar-refractivity contribution in [3.8, 4) is 0 Å². The van der Waals surface area contributed by atoms with Crippen molar-refractivity contribution >= 4 is 0 Å². The normalized spacial score (nSPS) is 26.5. The fourth-order valence-corrected chi connectivity index (χ4v) is 3.08. The Balaban J connectivity index is 2.20. The number of unbranched alkanes of at least 4 members (excludes halogenated alkanes) is 1. The molecule has 0 aliphatic heterocycles. The minimum Gasteiger partial charge on any atom is -0.315 e. The largest absolute Gasteiger partial charge is 0.315 e. The molecule has 0 radical (unpaired) electrons. The summed E-state index contributed by atoms with van der Waals surface area (Å²) in [6.45, 7) is 9.28. The molecular weight excluding hydrogens is 220 g/mol. The zero-order chi connectivity index (χ0) is 13.4. The molecule has 18 heavy (non-hydrogen) atoms. The summed E-state index contributed by atoms with van der Waals surface area (Å²) in [5.41, 5.74) is 0. The molecule has 1 rings (SSSR count). The van der Waals surface area contributed by atoms with Crippen LogP contribution in [0.15, 0.2) is 0 Å². The minimum absolute atomic E-state index is 0.671. The lowest BCUT2D eigenvalue weighted by molar-refractivity contribution is 0.125. The van der Waals surface area contributed by atoms with Gasteiger partial charge in [0, 0.05) is 18.6 Å². The molecule has 1 fully saturated rings. The lowest BCUT2D eigenvalue weighted by Crippen LogP contribution is -2.45. The fourth-order valence-electron chi connectivity index (χ4n) is 3.08. The molecule has 2 nitrogen and oxygen atoms in total. The lowest BCUT2D eigenvalue weighted by Gasteiger charge is -2.38. The zero-order valence-corrected chi connectivity index (χ0v) is 13.0. The van der Waals surface area contributed by atoms with Gasteiger partial charge in [-0.1, -0.05) is 26.7 Å². The number of hydrogen-bond donors (Lipinski definition) is 1. The predicted molar refractivity (Wildman–Crippen MR) is 81.0 cm³/mol. The van der Waals surface area contributed by atoms with E-state index >= 15 is 0 Å². The van der Waals surface area contributed by atoms with E-state index in [-0.39, 0.29) is 0 Å². The van der Waals surface area contributed by atoms with Gasteiger partial charge in [-0.25, -0.2) is 0 Å². The minimum atomic E-state index is 0.671. The topological polar surface area (TPSA) is 15.3 Å². The van der Waals surface area contributed by atoms with Gasteiger partial charge in [-0.05, 0) is 58.5 Å². The first-order valence-electron chi connectivity index (χ1n) is 8.11. The Morgan fingerprint density at radius 1 is 1.17 bits per heavy atom. The molecule has 0 bridgehead atoms. The van der Waals surface area contributed by atoms with Crippen molar-refractivity contribution in [3.63, 3.8) is 0 Å². The van der Waals surface area contributed by atoms with Crippen LogP contribution < -0.4 is 5.32 Å². The molecule has 0 aromatic heterocycles. The van der Waals surface area contributed by atoms with Crippen molar-refractivity contribution in [2.45, 2.75) is 77.8 Å². The van der Waals surface area contributed by atoms with Crippen LogP contribution in [0.2, 0.25) is 0 Å². The van der Waals surface area contributed by atoms with Gasteiger partial charge in [0.2, 0.25) is 0 Å². The number of nitrogens with zero attached hydrogens (tertiary/aromatic N) is 1. The smallest absolute Gasteiger partial charge is 0.0192 e. The third kappa shape index (κ3) is 5.27. The molecule has 0 aromatic carbocycles. The Labute approximate surface area is 115 Å². The number of hydrogen-bond acceptors (Lipinski definition) is 2. The highest BCUT2D eigenvalue weighted by molar-refractivity contribution is 4.81. The zero-order valence-electron chi connectivity index (χ0n) is 13.0. The van der Waals surface area contributed by atoms with E-state index in [1.54, 1.807) is 0 Å². The lowest BCUT2D eigenvalue weighted by atomic mass is 9.84. The van der Waals surface area contributed by atoms with Crippen LogP contribution in [-0.2, 0) is 0 Å². The summed E-state index contributed by atoms with van der Waals surface area (Å²) in [4.78, 5) is 2.62. The van der Waals surface area contributed by atoms with Gasteiger partial charge in [0.05, 0.1) is 0 Å². The highest BCUT2D eigenvalue weighted by Gasteiger charge is 2.25. The van der Waals surface area contributed by atoms with Crippen molar-refractivity contribution in [2.75, 3.05) is 20.1 Å². The van der Waals surface area contributed by atoms with Crippen LogP contribution in [0, 0.1) is 5.92 Å². The third-order valence-corrected chi connectivity index (χ3v) is 4.81. The first-order valence-corrected chi connectivity index (χ1v) is 8.11. The van der Waals surface area contributed by atoms with Crippen molar-refractivity contribution < 1.29 is 0 Å². The molecule has 0 saturated heterocycles. The molecular formula is C16H34N2. The van der Waals surface area contributed by atoms with E-state index < -0.39 is 0 Å². The summed E-state index contributed by atoms with van der Waals surface area (Å²) >= 11 is 0. The van der Waals surface area contributed by atoms with Crippen LogP contribution >= 0.6 is 0 Å². The second-order valence-electron chi connectivity index (χ2n) is 6.15. The molecule has 1 unspecified atom stereocenters. The van der Waals surface area contributed by atoms with Gasteiger partial charge in [0.1, 0.15) is 0 Å². The van der Waals surface area contributed by atoms with Gasteiger partial charge < -0.3 is 5.32 Å². The van der Waals surface area contributed by atoms with Crippen LogP contribution in [0.4, 0.5) is 0 Å². The third-order valence-electron chi connectivity index (χ3n) is 4.81. The SMILES string of the molecule is CCCCNCC(C)N(C)C1CCC(CC)CC1. The Morgan fingerprint density at radius 3 is 2.39 bits per heavy atom. The standard InChI is InChI=1S/C16H34N2/c1-5-7-12-17-13-14(3)18(4)16-10-8-15(6-2)9-11-16/h14-17H,5-13H2,1-4H3. The Bertz CT molecular complexity index is 197. The highest BCUT2D eigenvalue weighted by atomic mass is 15.2. The van der Waals surface area contributed by atoms with Crippen LogP contribution in [0.25, 0.3) is 0 Å². The Kier molecular flexibility index (Phi) is 7.92. The fraction of sp³-hybridized carbons (Fsp3) is 1.00. The van der Waals surface area contributed by atoms with E-state index in [1.165, 1.54) is 51.5 Å². The van der Waals surface area contributed by atoms with Gasteiger partial charge in [-0.15, -0.1) is 0 Å². The van der Waals surface area contributed by atoms with Crippen LogP contribution in [0.5, 0.6) is 0 Å². The van der Waals surface area contributed by atoms with E-state index in [4.69, 9.17) is 0 Å². The van der Waals surface area contributed by atoms with Gasteiger partial charge >= 0.3 is 0 Å². The Morgan fingerprint density at radius 2 is 1.83 bits per heavy atom. The molecule has 1 aliphatic rings. The van der Waals surface area contributed by atoms with E-state index in [0.29, 0.717) is 6.04 Å². The van der Waals surface area contributed by atoms with Crippen LogP contribution in [0.1, 0.15) is 65.7 Å². The van der Waals surface area contributed by atoms with Crippen molar-refractivity contribution in [1.29, 1.82) is 0 Å². The Hall–Kier alpha value is -0.0800. The number of nitrogens with one attached hydrogen (secondary N) is 1. The maximum absolute atomic E-state index is 3.58. The van der Waals surface area contributed by atoms with Crippen LogP contribution in [0.3, 0.4) is 0 Å². The second-order valence-corrected chi connectivity index (χ2v) is 6.15. The van der Waals surface area contributed by atoms with E-state index in [1.807, 2.05) is 0 Å². The van der Waals surface area contributed by atoms with Gasteiger partial charge in [-0.3, -0.25) is 4.90 Å². The molecule has 1 N–H and O–H groups in total. The maximum Gasteiger partial charge on any atom is 0.0192 e. The van der Waals surface area contributed by atoms with Gasteiger partial charge in [-0.2, -0.15) is 0 Å². The van der Waals surface area contributed by atoms with Crippen LogP contribution in [-0.4, -0.2) is 37.1 Å². The highest BCUT2D eigenvalue weighted by Crippen LogP contribution is 2.29. The second kappa shape index (κ2) is 8.92. The molecule has 0 aromatic rings. The van der Waals surface area contributed by atoms with Crippen molar-refractivity contribution in [1.82, 2.24) is 10.2 Å².